The maximum absolute atomic E-state index is 13.1. The number of hydrogen-bond acceptors (Lipinski definition) is 6. The minimum Gasteiger partial charge on any atom is -0.322 e. The molecule has 0 spiro atoms. The number of nitriles is 1. The molecule has 0 bridgehead atoms. The summed E-state index contributed by atoms with van der Waals surface area (Å²) in [6.45, 7) is 11.2. The molecule has 5 rings (SSSR count). The van der Waals surface area contributed by atoms with Crippen LogP contribution >= 0.6 is 0 Å². The molecule has 4 aromatic rings. The van der Waals surface area contributed by atoms with Gasteiger partial charge in [-0.25, -0.2) is 14.8 Å². The van der Waals surface area contributed by atoms with Crippen LogP contribution in [0.2, 0.25) is 0 Å². The fourth-order valence-corrected chi connectivity index (χ4v) is 4.12. The van der Waals surface area contributed by atoms with Gasteiger partial charge in [-0.2, -0.15) is 5.26 Å². The lowest BCUT2D eigenvalue weighted by molar-refractivity contribution is -0.117. The molecule has 9 heteroatoms. The molecular weight excluding hydrogens is 502 g/mol. The topological polar surface area (TPSA) is 125 Å². The van der Waals surface area contributed by atoms with Crippen LogP contribution in [0.5, 0.6) is 0 Å². The van der Waals surface area contributed by atoms with Crippen LogP contribution in [0.25, 0.3) is 27.2 Å². The number of rotatable bonds is 7. The summed E-state index contributed by atoms with van der Waals surface area (Å²) in [6.07, 6.45) is 4.72. The third-order valence-corrected chi connectivity index (χ3v) is 6.65. The molecule has 2 heterocycles. The van der Waals surface area contributed by atoms with Crippen LogP contribution in [0.1, 0.15) is 42.7 Å². The van der Waals surface area contributed by atoms with Crippen molar-refractivity contribution in [3.05, 3.63) is 95.9 Å². The Labute approximate surface area is 231 Å². The number of pyridine rings is 1. The minimum atomic E-state index is -0.834. The van der Waals surface area contributed by atoms with Crippen molar-refractivity contribution < 1.29 is 9.59 Å². The zero-order valence-corrected chi connectivity index (χ0v) is 22.0. The van der Waals surface area contributed by atoms with Crippen molar-refractivity contribution in [1.82, 2.24) is 15.0 Å². The Hall–Kier alpha value is -5.41. The average molecular weight is 528 g/mol. The fraction of sp³-hybridized carbons (Fsp3) is 0.194. The molecule has 0 atom stereocenters. The first-order chi connectivity index (χ1) is 19.3. The Morgan fingerprint density at radius 1 is 1.00 bits per heavy atom. The van der Waals surface area contributed by atoms with Crippen molar-refractivity contribution in [3.63, 3.8) is 0 Å². The molecule has 196 valence electrons. The number of benzene rings is 2. The number of hydrogen-bond donors (Lipinski definition) is 2. The molecular formula is C31H25N7O2. The Morgan fingerprint density at radius 2 is 1.80 bits per heavy atom. The van der Waals surface area contributed by atoms with Gasteiger partial charge in [0, 0.05) is 35.0 Å². The van der Waals surface area contributed by atoms with Crippen LogP contribution in [0.15, 0.2) is 73.2 Å². The monoisotopic (exact) mass is 527 g/mol. The zero-order chi connectivity index (χ0) is 28.3. The van der Waals surface area contributed by atoms with E-state index in [0.717, 1.165) is 24.0 Å². The van der Waals surface area contributed by atoms with E-state index in [2.05, 4.69) is 36.5 Å². The highest BCUT2D eigenvalue weighted by atomic mass is 16.2. The Morgan fingerprint density at radius 3 is 2.55 bits per heavy atom. The van der Waals surface area contributed by atoms with Crippen molar-refractivity contribution in [2.75, 3.05) is 10.6 Å². The molecule has 1 fully saturated rings. The number of carbonyl (C=O) groups excluding carboxylic acids is 2. The summed E-state index contributed by atoms with van der Waals surface area (Å²) >= 11 is 0. The quantitative estimate of drug-likeness (QED) is 0.277. The summed E-state index contributed by atoms with van der Waals surface area (Å²) < 4.78 is 0. The minimum absolute atomic E-state index is 0.0317. The number of aromatic nitrogens is 3. The molecule has 1 aliphatic rings. The molecule has 0 radical (unpaired) electrons. The first-order valence-electron chi connectivity index (χ1n) is 12.7. The van der Waals surface area contributed by atoms with Gasteiger partial charge in [-0.05, 0) is 68.1 Å². The van der Waals surface area contributed by atoms with Crippen LogP contribution < -0.4 is 10.6 Å². The molecule has 2 aromatic heterocycles. The van der Waals surface area contributed by atoms with E-state index in [1.165, 1.54) is 12.5 Å². The summed E-state index contributed by atoms with van der Waals surface area (Å²) in [4.78, 5) is 41.7. The molecule has 1 saturated carbocycles. The van der Waals surface area contributed by atoms with Gasteiger partial charge < -0.3 is 10.6 Å². The summed E-state index contributed by atoms with van der Waals surface area (Å²) in [5.41, 5.74) is 3.82. The highest BCUT2D eigenvalue weighted by Gasteiger charge is 2.30. The van der Waals surface area contributed by atoms with Crippen LogP contribution in [0.3, 0.4) is 0 Å². The third-order valence-electron chi connectivity index (χ3n) is 6.65. The number of anilines is 2. The Bertz CT molecular complexity index is 1710. The molecule has 0 aliphatic heterocycles. The number of nitrogens with one attached hydrogen (secondary N) is 2. The summed E-state index contributed by atoms with van der Waals surface area (Å²) in [7, 11) is 0. The Kier molecular flexibility index (Phi) is 7.05. The van der Waals surface area contributed by atoms with Gasteiger partial charge in [0.15, 0.2) is 5.69 Å². The van der Waals surface area contributed by atoms with Crippen LogP contribution in [0, 0.1) is 23.8 Å². The van der Waals surface area contributed by atoms with E-state index in [4.69, 9.17) is 6.57 Å². The predicted octanol–water partition coefficient (Wildman–Crippen LogP) is 6.16. The van der Waals surface area contributed by atoms with E-state index in [-0.39, 0.29) is 17.7 Å². The number of nitrogens with zero attached hydrogens (tertiary/aromatic N) is 5. The SMILES string of the molecule is [C-]#[N+]c1ccc(NC(=O)c2ccnc(C(C)(C)C#N)c2)cc1-c1cccc(-c2cc(NC(=O)C3CC3)ncn2)c1. The molecule has 0 unspecified atom stereocenters. The van der Waals surface area contributed by atoms with Gasteiger partial charge in [0.25, 0.3) is 5.91 Å². The van der Waals surface area contributed by atoms with E-state index in [1.54, 1.807) is 50.2 Å². The van der Waals surface area contributed by atoms with E-state index < -0.39 is 5.41 Å². The first-order valence-corrected chi connectivity index (χ1v) is 12.7. The van der Waals surface area contributed by atoms with Gasteiger partial charge in [-0.3, -0.25) is 14.6 Å². The maximum Gasteiger partial charge on any atom is 0.255 e. The van der Waals surface area contributed by atoms with Crippen molar-refractivity contribution in [2.45, 2.75) is 32.1 Å². The molecule has 9 nitrogen and oxygen atoms in total. The van der Waals surface area contributed by atoms with Crippen molar-refractivity contribution in [2.24, 2.45) is 5.92 Å². The first kappa shape index (κ1) is 26.2. The van der Waals surface area contributed by atoms with Crippen LogP contribution in [0.4, 0.5) is 17.2 Å². The second-order valence-corrected chi connectivity index (χ2v) is 10.1. The number of carbonyl (C=O) groups is 2. The van der Waals surface area contributed by atoms with Gasteiger partial charge in [0.2, 0.25) is 5.91 Å². The maximum atomic E-state index is 13.1. The van der Waals surface area contributed by atoms with Crippen LogP contribution in [-0.2, 0) is 10.2 Å². The summed E-state index contributed by atoms with van der Waals surface area (Å²) in [5.74, 6) is 0.119. The lowest BCUT2D eigenvalue weighted by Crippen LogP contribution is -2.18. The fourth-order valence-electron chi connectivity index (χ4n) is 4.12. The van der Waals surface area contributed by atoms with Gasteiger partial charge >= 0.3 is 0 Å². The molecule has 2 aromatic carbocycles. The van der Waals surface area contributed by atoms with Crippen molar-refractivity contribution in [3.8, 4) is 28.5 Å². The lowest BCUT2D eigenvalue weighted by Gasteiger charge is -2.15. The van der Waals surface area contributed by atoms with Gasteiger partial charge in [0.05, 0.1) is 29.4 Å². The van der Waals surface area contributed by atoms with Gasteiger partial charge in [-0.15, -0.1) is 0 Å². The second kappa shape index (κ2) is 10.8. The highest BCUT2D eigenvalue weighted by molar-refractivity contribution is 6.05. The highest BCUT2D eigenvalue weighted by Crippen LogP contribution is 2.35. The van der Waals surface area contributed by atoms with Gasteiger partial charge in [-0.1, -0.05) is 24.3 Å². The number of amides is 2. The smallest absolute Gasteiger partial charge is 0.255 e. The third kappa shape index (κ3) is 5.69. The standard InChI is InChI=1S/C31H25N7O2/c1-31(2,17-32)27-14-22(11-12-34-27)30(40)37-23-9-10-25(33-3)24(15-23)20-5-4-6-21(13-20)26-16-28(36-18-35-26)38-29(39)19-7-8-19/h4-6,9-16,18-19H,7-8H2,1-2H3,(H,37,40)(H,35,36,38,39). The normalized spacial score (nSPS) is 12.6. The Balaban J connectivity index is 1.41. The van der Waals surface area contributed by atoms with Gasteiger partial charge in [0.1, 0.15) is 12.1 Å². The van der Waals surface area contributed by atoms with E-state index in [0.29, 0.717) is 39.7 Å². The van der Waals surface area contributed by atoms with Crippen molar-refractivity contribution >= 4 is 29.0 Å². The summed E-state index contributed by atoms with van der Waals surface area (Å²) in [6, 6.07) is 19.8. The van der Waals surface area contributed by atoms with Crippen molar-refractivity contribution in [1.29, 1.82) is 5.26 Å². The van der Waals surface area contributed by atoms with E-state index in [1.807, 2.05) is 24.3 Å². The molecule has 1 aliphatic carbocycles. The molecule has 2 amide bonds. The van der Waals surface area contributed by atoms with Crippen LogP contribution in [-0.4, -0.2) is 26.8 Å². The van der Waals surface area contributed by atoms with E-state index in [9.17, 15) is 14.9 Å². The molecule has 0 saturated heterocycles. The van der Waals surface area contributed by atoms with E-state index >= 15 is 0 Å². The zero-order valence-electron chi connectivity index (χ0n) is 22.0. The predicted molar refractivity (Wildman–Crippen MR) is 151 cm³/mol. The largest absolute Gasteiger partial charge is 0.322 e. The average Bonchev–Trinajstić information content (AvgIpc) is 3.83. The molecule has 40 heavy (non-hydrogen) atoms. The summed E-state index contributed by atoms with van der Waals surface area (Å²) in [5, 5.41) is 15.2. The second-order valence-electron chi connectivity index (χ2n) is 10.1. The lowest BCUT2D eigenvalue weighted by atomic mass is 9.90. The molecule has 2 N–H and O–H groups in total.